The average molecular weight is 383 g/mol. The number of benzene rings is 2. The Bertz CT molecular complexity index is 1030. The normalized spacial score (nSPS) is 19.8. The maximum Gasteiger partial charge on any atom is 0.321 e. The molecule has 0 saturated heterocycles. The number of hydrogen-bond donors (Lipinski definition) is 2. The molecule has 2 aliphatic rings. The molecule has 2 amide bonds. The van der Waals surface area contributed by atoms with Gasteiger partial charge in [-0.2, -0.15) is 0 Å². The number of fused-ring (bicyclic) bond motifs is 2. The first-order chi connectivity index (χ1) is 13.1. The van der Waals surface area contributed by atoms with E-state index in [0.717, 1.165) is 37.0 Å². The van der Waals surface area contributed by atoms with Gasteiger partial charge in [0.15, 0.2) is 5.13 Å². The van der Waals surface area contributed by atoms with E-state index in [0.29, 0.717) is 15.3 Å². The number of carbonyl (C=O) groups is 1. The number of thiazole rings is 1. The summed E-state index contributed by atoms with van der Waals surface area (Å²) >= 11 is 1.26. The zero-order valence-corrected chi connectivity index (χ0v) is 15.3. The standard InChI is InChI=1S/C20H18FN3O2S/c21-12-6-7-14-17(10-12)27-19(23-14)24-18(25)22-15-11-20(8-3-9-20)26-16-5-2-1-4-13(15)16/h1-2,4-7,10,15H,3,8-9,11H2,(H2,22,23,24,25). The first-order valence-electron chi connectivity index (χ1n) is 9.02. The van der Waals surface area contributed by atoms with E-state index in [1.165, 1.54) is 23.5 Å². The van der Waals surface area contributed by atoms with Crippen molar-refractivity contribution in [1.82, 2.24) is 10.3 Å². The number of para-hydroxylation sites is 1. The van der Waals surface area contributed by atoms with Crippen LogP contribution in [-0.4, -0.2) is 16.6 Å². The van der Waals surface area contributed by atoms with Crippen molar-refractivity contribution in [2.45, 2.75) is 37.3 Å². The molecular formula is C20H18FN3O2S. The van der Waals surface area contributed by atoms with E-state index >= 15 is 0 Å². The Morgan fingerprint density at radius 2 is 2.11 bits per heavy atom. The van der Waals surface area contributed by atoms with E-state index in [4.69, 9.17) is 4.74 Å². The monoisotopic (exact) mass is 383 g/mol. The van der Waals surface area contributed by atoms with Gasteiger partial charge in [-0.3, -0.25) is 5.32 Å². The van der Waals surface area contributed by atoms with Crippen molar-refractivity contribution in [3.8, 4) is 5.75 Å². The van der Waals surface area contributed by atoms with Crippen LogP contribution in [0.25, 0.3) is 10.2 Å². The third kappa shape index (κ3) is 3.02. The third-order valence-electron chi connectivity index (χ3n) is 5.34. The second-order valence-corrected chi connectivity index (χ2v) is 8.19. The van der Waals surface area contributed by atoms with E-state index in [-0.39, 0.29) is 23.5 Å². The summed E-state index contributed by atoms with van der Waals surface area (Å²) in [5.74, 6) is 0.538. The fraction of sp³-hybridized carbons (Fsp3) is 0.300. The Kier molecular flexibility index (Phi) is 3.79. The summed E-state index contributed by atoms with van der Waals surface area (Å²) in [7, 11) is 0. The van der Waals surface area contributed by atoms with E-state index in [2.05, 4.69) is 15.6 Å². The summed E-state index contributed by atoms with van der Waals surface area (Å²) in [6.07, 6.45) is 3.96. The van der Waals surface area contributed by atoms with E-state index in [1.807, 2.05) is 24.3 Å². The molecular weight excluding hydrogens is 365 g/mol. The number of amides is 2. The van der Waals surface area contributed by atoms with Gasteiger partial charge in [-0.15, -0.1) is 0 Å². The highest BCUT2D eigenvalue weighted by Gasteiger charge is 2.45. The lowest BCUT2D eigenvalue weighted by Crippen LogP contribution is -2.50. The Morgan fingerprint density at radius 3 is 2.93 bits per heavy atom. The lowest BCUT2D eigenvalue weighted by atomic mass is 9.73. The number of ether oxygens (including phenoxy) is 1. The highest BCUT2D eigenvalue weighted by atomic mass is 32.1. The number of halogens is 1. The molecule has 1 spiro atoms. The summed E-state index contributed by atoms with van der Waals surface area (Å²) in [5.41, 5.74) is 1.51. The molecule has 1 saturated carbocycles. The molecule has 1 unspecified atom stereocenters. The van der Waals surface area contributed by atoms with Crippen LogP contribution in [0.2, 0.25) is 0 Å². The molecule has 1 aliphatic carbocycles. The number of urea groups is 1. The number of rotatable bonds is 2. The number of nitrogens with one attached hydrogen (secondary N) is 2. The second kappa shape index (κ2) is 6.20. The molecule has 2 aromatic carbocycles. The minimum atomic E-state index is -0.314. The minimum absolute atomic E-state index is 0.109. The van der Waals surface area contributed by atoms with Crippen LogP contribution >= 0.6 is 11.3 Å². The van der Waals surface area contributed by atoms with E-state index in [1.54, 1.807) is 6.07 Å². The van der Waals surface area contributed by atoms with E-state index in [9.17, 15) is 9.18 Å². The molecule has 3 aromatic rings. The van der Waals surface area contributed by atoms with Crippen molar-refractivity contribution in [3.05, 3.63) is 53.8 Å². The highest BCUT2D eigenvalue weighted by molar-refractivity contribution is 7.22. The fourth-order valence-electron chi connectivity index (χ4n) is 3.87. The zero-order valence-electron chi connectivity index (χ0n) is 14.5. The van der Waals surface area contributed by atoms with Gasteiger partial charge in [0, 0.05) is 12.0 Å². The molecule has 7 heteroatoms. The van der Waals surface area contributed by atoms with Crippen molar-refractivity contribution in [2.75, 3.05) is 5.32 Å². The van der Waals surface area contributed by atoms with Crippen LogP contribution < -0.4 is 15.4 Å². The lowest BCUT2D eigenvalue weighted by molar-refractivity contribution is -0.0354. The topological polar surface area (TPSA) is 63.2 Å². The molecule has 27 heavy (non-hydrogen) atoms. The van der Waals surface area contributed by atoms with Crippen LogP contribution in [0.3, 0.4) is 0 Å². The number of hydrogen-bond acceptors (Lipinski definition) is 4. The van der Waals surface area contributed by atoms with Crippen LogP contribution in [0, 0.1) is 5.82 Å². The maximum absolute atomic E-state index is 13.3. The molecule has 1 aliphatic heterocycles. The molecule has 5 nitrogen and oxygen atoms in total. The number of carbonyl (C=O) groups excluding carboxylic acids is 1. The summed E-state index contributed by atoms with van der Waals surface area (Å²) in [5, 5.41) is 6.30. The van der Waals surface area contributed by atoms with Gasteiger partial charge in [0.1, 0.15) is 17.2 Å². The molecule has 1 aromatic heterocycles. The molecule has 5 rings (SSSR count). The van der Waals surface area contributed by atoms with Crippen LogP contribution in [0.5, 0.6) is 5.75 Å². The molecule has 1 atom stereocenters. The van der Waals surface area contributed by atoms with Crippen LogP contribution in [0.4, 0.5) is 14.3 Å². The summed E-state index contributed by atoms with van der Waals surface area (Å²) in [6.45, 7) is 0. The summed E-state index contributed by atoms with van der Waals surface area (Å²) < 4.78 is 20.3. The van der Waals surface area contributed by atoms with Crippen LogP contribution in [0.1, 0.15) is 37.3 Å². The molecule has 2 N–H and O–H groups in total. The molecule has 138 valence electrons. The van der Waals surface area contributed by atoms with Crippen molar-refractivity contribution in [1.29, 1.82) is 0 Å². The molecule has 0 bridgehead atoms. The first kappa shape index (κ1) is 16.5. The molecule has 2 heterocycles. The Labute approximate surface area is 159 Å². The van der Waals surface area contributed by atoms with Gasteiger partial charge >= 0.3 is 6.03 Å². The first-order valence-corrected chi connectivity index (χ1v) is 9.83. The van der Waals surface area contributed by atoms with Gasteiger partial charge in [0.25, 0.3) is 0 Å². The summed E-state index contributed by atoms with van der Waals surface area (Å²) in [6, 6.07) is 11.8. The lowest BCUT2D eigenvalue weighted by Gasteiger charge is -2.47. The van der Waals surface area contributed by atoms with Gasteiger partial charge in [-0.25, -0.2) is 14.2 Å². The smallest absolute Gasteiger partial charge is 0.321 e. The highest BCUT2D eigenvalue weighted by Crippen LogP contribution is 2.48. The second-order valence-electron chi connectivity index (χ2n) is 7.16. The quantitative estimate of drug-likeness (QED) is 0.654. The Morgan fingerprint density at radius 1 is 1.26 bits per heavy atom. The number of aromatic nitrogens is 1. The van der Waals surface area contributed by atoms with Gasteiger partial charge < -0.3 is 10.1 Å². The number of nitrogens with zero attached hydrogens (tertiary/aromatic N) is 1. The van der Waals surface area contributed by atoms with Gasteiger partial charge in [-0.1, -0.05) is 29.5 Å². The Hall–Kier alpha value is -2.67. The maximum atomic E-state index is 13.3. The summed E-state index contributed by atoms with van der Waals surface area (Å²) in [4.78, 5) is 16.9. The zero-order chi connectivity index (χ0) is 18.4. The largest absolute Gasteiger partial charge is 0.487 e. The van der Waals surface area contributed by atoms with Gasteiger partial charge in [0.05, 0.1) is 16.3 Å². The molecule has 1 fully saturated rings. The molecule has 0 radical (unpaired) electrons. The predicted octanol–water partition coefficient (Wildman–Crippen LogP) is 5.00. The SMILES string of the molecule is O=C(Nc1nc2ccc(F)cc2s1)NC1CC2(CCC2)Oc2ccccc21. The Balaban J connectivity index is 1.35. The van der Waals surface area contributed by atoms with Crippen LogP contribution in [-0.2, 0) is 0 Å². The van der Waals surface area contributed by atoms with Crippen LogP contribution in [0.15, 0.2) is 42.5 Å². The van der Waals surface area contributed by atoms with Crippen molar-refractivity contribution < 1.29 is 13.9 Å². The minimum Gasteiger partial charge on any atom is -0.487 e. The third-order valence-corrected chi connectivity index (χ3v) is 6.27. The fourth-order valence-corrected chi connectivity index (χ4v) is 4.75. The number of anilines is 1. The van der Waals surface area contributed by atoms with Crippen molar-refractivity contribution in [3.63, 3.8) is 0 Å². The van der Waals surface area contributed by atoms with Gasteiger partial charge in [0.2, 0.25) is 0 Å². The average Bonchev–Trinajstić information content (AvgIpc) is 3.01. The van der Waals surface area contributed by atoms with Crippen molar-refractivity contribution >= 4 is 32.7 Å². The van der Waals surface area contributed by atoms with Gasteiger partial charge in [-0.05, 0) is 43.5 Å². The van der Waals surface area contributed by atoms with Crippen molar-refractivity contribution in [2.24, 2.45) is 0 Å². The van der Waals surface area contributed by atoms with E-state index < -0.39 is 0 Å². The predicted molar refractivity (Wildman–Crippen MR) is 103 cm³/mol.